The Bertz CT molecular complexity index is 621. The monoisotopic (exact) mass is 373 g/mol. The first-order chi connectivity index (χ1) is 9.66. The summed E-state index contributed by atoms with van der Waals surface area (Å²) in [6, 6.07) is 4.32. The van der Waals surface area contributed by atoms with Crippen molar-refractivity contribution >= 4 is 45.1 Å². The molecule has 1 saturated carbocycles. The molecule has 0 atom stereocenters. The number of rotatable bonds is 3. The lowest BCUT2D eigenvalue weighted by molar-refractivity contribution is 0.740. The number of nitrogens with zero attached hydrogens (tertiary/aromatic N) is 2. The van der Waals surface area contributed by atoms with E-state index in [4.69, 9.17) is 23.2 Å². The van der Waals surface area contributed by atoms with Gasteiger partial charge in [0.1, 0.15) is 0 Å². The number of imidazole rings is 1. The van der Waals surface area contributed by atoms with Crippen LogP contribution < -0.4 is 5.32 Å². The first-order valence-corrected chi connectivity index (χ1v) is 8.15. The Morgan fingerprint density at radius 3 is 2.70 bits per heavy atom. The van der Waals surface area contributed by atoms with Gasteiger partial charge in [0.15, 0.2) is 0 Å². The van der Waals surface area contributed by atoms with Crippen molar-refractivity contribution in [2.45, 2.75) is 31.7 Å². The molecule has 3 rings (SSSR count). The molecule has 1 fully saturated rings. The SMILES string of the molecule is Clc1c(Br)ccc(-n2ccnc2NC2CCCC2)c1Cl. The van der Waals surface area contributed by atoms with Crippen LogP contribution in [0.5, 0.6) is 0 Å². The average Bonchev–Trinajstić information content (AvgIpc) is 3.09. The molecule has 0 spiro atoms. The van der Waals surface area contributed by atoms with E-state index in [9.17, 15) is 0 Å². The van der Waals surface area contributed by atoms with Gasteiger partial charge >= 0.3 is 0 Å². The van der Waals surface area contributed by atoms with Crippen molar-refractivity contribution in [1.29, 1.82) is 0 Å². The molecule has 6 heteroatoms. The molecule has 1 aromatic heterocycles. The van der Waals surface area contributed by atoms with Crippen molar-refractivity contribution in [3.63, 3.8) is 0 Å². The van der Waals surface area contributed by atoms with Crippen molar-refractivity contribution in [1.82, 2.24) is 9.55 Å². The van der Waals surface area contributed by atoms with E-state index in [2.05, 4.69) is 26.2 Å². The molecule has 0 radical (unpaired) electrons. The standard InChI is InChI=1S/C14H14BrCl2N3/c15-10-5-6-11(13(17)12(10)16)20-8-7-18-14(20)19-9-3-1-2-4-9/h5-9H,1-4H2,(H,18,19). The maximum atomic E-state index is 6.34. The molecule has 20 heavy (non-hydrogen) atoms. The van der Waals surface area contributed by atoms with E-state index in [1.807, 2.05) is 22.9 Å². The van der Waals surface area contributed by atoms with Gasteiger partial charge in [-0.3, -0.25) is 4.57 Å². The predicted molar refractivity (Wildman–Crippen MR) is 87.2 cm³/mol. The van der Waals surface area contributed by atoms with E-state index in [1.54, 1.807) is 6.20 Å². The summed E-state index contributed by atoms with van der Waals surface area (Å²) >= 11 is 15.9. The largest absolute Gasteiger partial charge is 0.353 e. The molecule has 2 aromatic rings. The highest BCUT2D eigenvalue weighted by Crippen LogP contribution is 2.36. The molecule has 0 saturated heterocycles. The maximum Gasteiger partial charge on any atom is 0.207 e. The quantitative estimate of drug-likeness (QED) is 0.739. The molecule has 1 aliphatic carbocycles. The van der Waals surface area contributed by atoms with E-state index in [1.165, 1.54) is 25.7 Å². The highest BCUT2D eigenvalue weighted by Gasteiger charge is 2.18. The lowest BCUT2D eigenvalue weighted by Crippen LogP contribution is -2.17. The normalized spacial score (nSPS) is 15.8. The summed E-state index contributed by atoms with van der Waals surface area (Å²) in [5.74, 6) is 0.817. The summed E-state index contributed by atoms with van der Waals surface area (Å²) in [5, 5.41) is 4.53. The summed E-state index contributed by atoms with van der Waals surface area (Å²) < 4.78 is 2.73. The zero-order chi connectivity index (χ0) is 14.1. The molecule has 1 aliphatic rings. The number of benzene rings is 1. The summed E-state index contributed by atoms with van der Waals surface area (Å²) in [7, 11) is 0. The van der Waals surface area contributed by atoms with Gasteiger partial charge in [-0.1, -0.05) is 36.0 Å². The number of halogens is 3. The smallest absolute Gasteiger partial charge is 0.207 e. The minimum atomic E-state index is 0.501. The molecular weight excluding hydrogens is 361 g/mol. The number of hydrogen-bond acceptors (Lipinski definition) is 2. The lowest BCUT2D eigenvalue weighted by Gasteiger charge is -2.16. The Labute approximate surface area is 136 Å². The van der Waals surface area contributed by atoms with Gasteiger partial charge in [-0.2, -0.15) is 0 Å². The molecule has 0 unspecified atom stereocenters. The third-order valence-electron chi connectivity index (χ3n) is 3.60. The van der Waals surface area contributed by atoms with Crippen LogP contribution in [0.25, 0.3) is 5.69 Å². The van der Waals surface area contributed by atoms with Crippen molar-refractivity contribution in [3.05, 3.63) is 39.0 Å². The Hall–Kier alpha value is -0.710. The van der Waals surface area contributed by atoms with Gasteiger partial charge in [0, 0.05) is 22.9 Å². The van der Waals surface area contributed by atoms with Crippen LogP contribution in [-0.4, -0.2) is 15.6 Å². The van der Waals surface area contributed by atoms with Crippen LogP contribution in [0.3, 0.4) is 0 Å². The van der Waals surface area contributed by atoms with Crippen LogP contribution in [0.2, 0.25) is 10.0 Å². The zero-order valence-electron chi connectivity index (χ0n) is 10.7. The first kappa shape index (κ1) is 14.2. The Balaban J connectivity index is 1.94. The second-order valence-electron chi connectivity index (χ2n) is 4.94. The number of nitrogens with one attached hydrogen (secondary N) is 1. The molecule has 106 valence electrons. The molecular formula is C14H14BrCl2N3. The molecule has 3 nitrogen and oxygen atoms in total. The van der Waals surface area contributed by atoms with Gasteiger partial charge in [0.25, 0.3) is 0 Å². The minimum absolute atomic E-state index is 0.501. The zero-order valence-corrected chi connectivity index (χ0v) is 13.8. The predicted octanol–water partition coefficient (Wildman–Crippen LogP) is 5.30. The van der Waals surface area contributed by atoms with Gasteiger partial charge in [-0.05, 0) is 40.9 Å². The molecule has 0 amide bonds. The van der Waals surface area contributed by atoms with E-state index < -0.39 is 0 Å². The van der Waals surface area contributed by atoms with Crippen LogP contribution in [0, 0.1) is 0 Å². The summed E-state index contributed by atoms with van der Waals surface area (Å²) in [6.45, 7) is 0. The summed E-state index contributed by atoms with van der Waals surface area (Å²) in [4.78, 5) is 4.39. The molecule has 1 heterocycles. The second-order valence-corrected chi connectivity index (χ2v) is 6.55. The van der Waals surface area contributed by atoms with E-state index in [-0.39, 0.29) is 0 Å². The Kier molecular flexibility index (Phi) is 4.24. The minimum Gasteiger partial charge on any atom is -0.353 e. The fraction of sp³-hybridized carbons (Fsp3) is 0.357. The fourth-order valence-electron chi connectivity index (χ4n) is 2.56. The third-order valence-corrected chi connectivity index (χ3v) is 5.36. The average molecular weight is 375 g/mol. The number of aromatic nitrogens is 2. The Morgan fingerprint density at radius 2 is 1.95 bits per heavy atom. The maximum absolute atomic E-state index is 6.34. The molecule has 1 aromatic carbocycles. The third kappa shape index (κ3) is 2.69. The van der Waals surface area contributed by atoms with Crippen LogP contribution in [0.4, 0.5) is 5.95 Å². The van der Waals surface area contributed by atoms with Crippen molar-refractivity contribution < 1.29 is 0 Å². The van der Waals surface area contributed by atoms with Gasteiger partial charge in [0.05, 0.1) is 15.7 Å². The fourth-order valence-corrected chi connectivity index (χ4v) is 3.42. The highest BCUT2D eigenvalue weighted by molar-refractivity contribution is 9.10. The van der Waals surface area contributed by atoms with Gasteiger partial charge < -0.3 is 5.32 Å². The van der Waals surface area contributed by atoms with Crippen LogP contribution >= 0.6 is 39.1 Å². The lowest BCUT2D eigenvalue weighted by atomic mass is 10.2. The summed E-state index contributed by atoms with van der Waals surface area (Å²) in [6.07, 6.45) is 8.61. The van der Waals surface area contributed by atoms with Crippen molar-refractivity contribution in [2.75, 3.05) is 5.32 Å². The van der Waals surface area contributed by atoms with Crippen molar-refractivity contribution in [2.24, 2.45) is 0 Å². The molecule has 1 N–H and O–H groups in total. The van der Waals surface area contributed by atoms with Gasteiger partial charge in [-0.15, -0.1) is 0 Å². The van der Waals surface area contributed by atoms with E-state index in [0.717, 1.165) is 16.1 Å². The number of anilines is 1. The molecule has 0 bridgehead atoms. The molecule has 0 aliphatic heterocycles. The van der Waals surface area contributed by atoms with Crippen LogP contribution in [0.15, 0.2) is 29.0 Å². The van der Waals surface area contributed by atoms with E-state index >= 15 is 0 Å². The van der Waals surface area contributed by atoms with Crippen LogP contribution in [0.1, 0.15) is 25.7 Å². The topological polar surface area (TPSA) is 29.9 Å². The highest BCUT2D eigenvalue weighted by atomic mass is 79.9. The second kappa shape index (κ2) is 5.96. The van der Waals surface area contributed by atoms with Crippen molar-refractivity contribution in [3.8, 4) is 5.69 Å². The van der Waals surface area contributed by atoms with Gasteiger partial charge in [-0.25, -0.2) is 4.98 Å². The van der Waals surface area contributed by atoms with E-state index in [0.29, 0.717) is 16.1 Å². The van der Waals surface area contributed by atoms with Gasteiger partial charge in [0.2, 0.25) is 5.95 Å². The van der Waals surface area contributed by atoms with Crippen LogP contribution in [-0.2, 0) is 0 Å². The summed E-state index contributed by atoms with van der Waals surface area (Å²) in [5.41, 5.74) is 0.831. The number of hydrogen-bond donors (Lipinski definition) is 1. The Morgan fingerprint density at radius 1 is 1.20 bits per heavy atom. The first-order valence-electron chi connectivity index (χ1n) is 6.60.